The van der Waals surface area contributed by atoms with Gasteiger partial charge >= 0.3 is 0 Å². The van der Waals surface area contributed by atoms with Crippen molar-refractivity contribution >= 4 is 5.96 Å². The Balaban J connectivity index is 1.48. The monoisotopic (exact) mass is 386 g/mol. The van der Waals surface area contributed by atoms with E-state index in [0.717, 1.165) is 24.1 Å². The number of benzene rings is 1. The molecule has 1 saturated heterocycles. The molecule has 1 saturated carbocycles. The summed E-state index contributed by atoms with van der Waals surface area (Å²) in [7, 11) is 0. The molecule has 0 aromatic heterocycles. The summed E-state index contributed by atoms with van der Waals surface area (Å²) in [5.41, 5.74) is 2.13. The van der Waals surface area contributed by atoms with E-state index in [1.54, 1.807) is 0 Å². The number of nitrogens with one attached hydrogen (secondary N) is 2. The third-order valence-electron chi connectivity index (χ3n) is 6.19. The lowest BCUT2D eigenvalue weighted by Gasteiger charge is -2.39. The number of hydrogen-bond acceptors (Lipinski definition) is 3. The number of guanidine groups is 1. The van der Waals surface area contributed by atoms with Gasteiger partial charge in [-0.1, -0.05) is 49.1 Å². The summed E-state index contributed by atoms with van der Waals surface area (Å²) in [5, 5.41) is 17.4. The van der Waals surface area contributed by atoms with Crippen LogP contribution in [0.15, 0.2) is 29.3 Å². The fourth-order valence-electron chi connectivity index (χ4n) is 4.44. The molecule has 3 N–H and O–H groups in total. The van der Waals surface area contributed by atoms with Crippen LogP contribution in [0.3, 0.4) is 0 Å². The van der Waals surface area contributed by atoms with Gasteiger partial charge in [0.1, 0.15) is 0 Å². The van der Waals surface area contributed by atoms with Gasteiger partial charge in [0.15, 0.2) is 5.96 Å². The summed E-state index contributed by atoms with van der Waals surface area (Å²) in [6.45, 7) is 7.72. The smallest absolute Gasteiger partial charge is 0.191 e. The summed E-state index contributed by atoms with van der Waals surface area (Å²) < 4.78 is 0. The van der Waals surface area contributed by atoms with Crippen LogP contribution in [0.4, 0.5) is 0 Å². The molecule has 1 atom stereocenters. The summed E-state index contributed by atoms with van der Waals surface area (Å²) in [6, 6.07) is 9.32. The van der Waals surface area contributed by atoms with Crippen molar-refractivity contribution in [1.82, 2.24) is 15.5 Å². The molecule has 156 valence electrons. The maximum absolute atomic E-state index is 10.4. The van der Waals surface area contributed by atoms with Crippen LogP contribution in [0.5, 0.6) is 0 Å². The molecule has 0 bridgehead atoms. The standard InChI is InChI=1S/C23H38N4O/c1-3-24-23(25-17-22(28)19-11-9-18(2)10-12-19)26-20-13-15-27(16-14-20)21-7-5-4-6-8-21/h9-12,20-22,28H,3-8,13-17H2,1-2H3,(H2,24,25,26). The zero-order chi connectivity index (χ0) is 19.8. The number of rotatable bonds is 6. The van der Waals surface area contributed by atoms with Gasteiger partial charge in [0.25, 0.3) is 0 Å². The Bertz CT molecular complexity index is 602. The highest BCUT2D eigenvalue weighted by Crippen LogP contribution is 2.25. The Kier molecular flexibility index (Phi) is 8.16. The maximum Gasteiger partial charge on any atom is 0.191 e. The van der Waals surface area contributed by atoms with Crippen LogP contribution in [-0.4, -0.2) is 54.2 Å². The summed E-state index contributed by atoms with van der Waals surface area (Å²) in [4.78, 5) is 7.36. The van der Waals surface area contributed by atoms with Crippen molar-refractivity contribution in [3.63, 3.8) is 0 Å². The van der Waals surface area contributed by atoms with Crippen molar-refractivity contribution in [2.75, 3.05) is 26.2 Å². The third-order valence-corrected chi connectivity index (χ3v) is 6.19. The van der Waals surface area contributed by atoms with Crippen LogP contribution >= 0.6 is 0 Å². The van der Waals surface area contributed by atoms with Gasteiger partial charge in [-0.25, -0.2) is 0 Å². The van der Waals surface area contributed by atoms with Gasteiger partial charge in [-0.3, -0.25) is 4.99 Å². The van der Waals surface area contributed by atoms with Gasteiger partial charge in [-0.15, -0.1) is 0 Å². The summed E-state index contributed by atoms with van der Waals surface area (Å²) in [5.74, 6) is 0.824. The highest BCUT2D eigenvalue weighted by molar-refractivity contribution is 5.80. The molecule has 1 aromatic rings. The molecular weight excluding hydrogens is 348 g/mol. The van der Waals surface area contributed by atoms with Crippen LogP contribution < -0.4 is 10.6 Å². The number of aryl methyl sites for hydroxylation is 1. The normalized spacial score (nSPS) is 21.5. The lowest BCUT2D eigenvalue weighted by Crippen LogP contribution is -2.51. The highest BCUT2D eigenvalue weighted by Gasteiger charge is 2.26. The number of aliphatic hydroxyl groups is 1. The number of aliphatic hydroxyl groups excluding tert-OH is 1. The SMILES string of the molecule is CCNC(=NCC(O)c1ccc(C)cc1)NC1CCN(C2CCCCC2)CC1. The van der Waals surface area contributed by atoms with Crippen LogP contribution in [0.1, 0.15) is 69.1 Å². The molecule has 5 nitrogen and oxygen atoms in total. The number of aliphatic imine (C=N–C) groups is 1. The molecule has 0 radical (unpaired) electrons. The minimum Gasteiger partial charge on any atom is -0.386 e. The van der Waals surface area contributed by atoms with Crippen molar-refractivity contribution in [2.45, 2.75) is 77.0 Å². The molecule has 1 aliphatic heterocycles. The molecule has 2 fully saturated rings. The van der Waals surface area contributed by atoms with E-state index in [1.165, 1.54) is 63.6 Å². The van der Waals surface area contributed by atoms with Crippen LogP contribution in [0.25, 0.3) is 0 Å². The van der Waals surface area contributed by atoms with E-state index in [2.05, 4.69) is 34.4 Å². The first-order chi connectivity index (χ1) is 13.7. The van der Waals surface area contributed by atoms with Gasteiger partial charge in [-0.05, 0) is 45.1 Å². The Hall–Kier alpha value is -1.59. The maximum atomic E-state index is 10.4. The topological polar surface area (TPSA) is 59.9 Å². The molecular formula is C23H38N4O. The first-order valence-electron chi connectivity index (χ1n) is 11.2. The number of nitrogens with zero attached hydrogens (tertiary/aromatic N) is 2. The predicted octanol–water partition coefficient (Wildman–Crippen LogP) is 3.38. The Labute approximate surface area is 170 Å². The van der Waals surface area contributed by atoms with Crippen molar-refractivity contribution in [3.05, 3.63) is 35.4 Å². The van der Waals surface area contributed by atoms with Gasteiger partial charge < -0.3 is 20.6 Å². The lowest BCUT2D eigenvalue weighted by molar-refractivity contribution is 0.119. The molecule has 0 spiro atoms. The molecule has 28 heavy (non-hydrogen) atoms. The molecule has 1 heterocycles. The van der Waals surface area contributed by atoms with E-state index in [0.29, 0.717) is 12.6 Å². The van der Waals surface area contributed by atoms with Crippen molar-refractivity contribution in [2.24, 2.45) is 4.99 Å². The highest BCUT2D eigenvalue weighted by atomic mass is 16.3. The van der Waals surface area contributed by atoms with Crippen molar-refractivity contribution in [3.8, 4) is 0 Å². The second-order valence-corrected chi connectivity index (χ2v) is 8.39. The predicted molar refractivity (Wildman–Crippen MR) is 117 cm³/mol. The average Bonchev–Trinajstić information content (AvgIpc) is 2.73. The van der Waals surface area contributed by atoms with Gasteiger partial charge in [0.2, 0.25) is 0 Å². The third kappa shape index (κ3) is 6.21. The Morgan fingerprint density at radius 2 is 1.79 bits per heavy atom. The van der Waals surface area contributed by atoms with E-state index in [4.69, 9.17) is 0 Å². The largest absolute Gasteiger partial charge is 0.386 e. The van der Waals surface area contributed by atoms with Crippen molar-refractivity contribution in [1.29, 1.82) is 0 Å². The first kappa shape index (κ1) is 21.1. The average molecular weight is 387 g/mol. The number of likely N-dealkylation sites (tertiary alicyclic amines) is 1. The van der Waals surface area contributed by atoms with E-state index < -0.39 is 6.10 Å². The number of piperidine rings is 1. The molecule has 2 aliphatic rings. The van der Waals surface area contributed by atoms with Crippen LogP contribution in [-0.2, 0) is 0 Å². The van der Waals surface area contributed by atoms with Gasteiger partial charge in [0.05, 0.1) is 12.6 Å². The van der Waals surface area contributed by atoms with Crippen molar-refractivity contribution < 1.29 is 5.11 Å². The fourth-order valence-corrected chi connectivity index (χ4v) is 4.44. The van der Waals surface area contributed by atoms with E-state index >= 15 is 0 Å². The lowest BCUT2D eigenvalue weighted by atomic mass is 9.92. The number of hydrogen-bond donors (Lipinski definition) is 3. The van der Waals surface area contributed by atoms with Crippen LogP contribution in [0.2, 0.25) is 0 Å². The van der Waals surface area contributed by atoms with Gasteiger partial charge in [0, 0.05) is 31.7 Å². The van der Waals surface area contributed by atoms with Gasteiger partial charge in [-0.2, -0.15) is 0 Å². The fraction of sp³-hybridized carbons (Fsp3) is 0.696. The van der Waals surface area contributed by atoms with E-state index in [1.807, 2.05) is 24.3 Å². The zero-order valence-corrected chi connectivity index (χ0v) is 17.7. The second-order valence-electron chi connectivity index (χ2n) is 8.39. The summed E-state index contributed by atoms with van der Waals surface area (Å²) in [6.07, 6.45) is 8.78. The molecule has 1 unspecified atom stereocenters. The van der Waals surface area contributed by atoms with Crippen LogP contribution in [0, 0.1) is 6.92 Å². The second kappa shape index (κ2) is 10.8. The minimum atomic E-state index is -0.566. The summed E-state index contributed by atoms with van der Waals surface area (Å²) >= 11 is 0. The Morgan fingerprint density at radius 1 is 1.11 bits per heavy atom. The first-order valence-corrected chi connectivity index (χ1v) is 11.2. The van der Waals surface area contributed by atoms with E-state index in [9.17, 15) is 5.11 Å². The molecule has 1 aromatic carbocycles. The minimum absolute atomic E-state index is 0.374. The van der Waals surface area contributed by atoms with E-state index in [-0.39, 0.29) is 0 Å². The quantitative estimate of drug-likeness (QED) is 0.518. The Morgan fingerprint density at radius 3 is 2.43 bits per heavy atom. The molecule has 3 rings (SSSR count). The molecule has 1 aliphatic carbocycles. The molecule has 5 heteroatoms. The molecule has 0 amide bonds. The zero-order valence-electron chi connectivity index (χ0n) is 17.7.